The summed E-state index contributed by atoms with van der Waals surface area (Å²) in [6, 6.07) is 0. The van der Waals surface area contributed by atoms with Crippen molar-refractivity contribution in [1.29, 1.82) is 0 Å². The highest BCUT2D eigenvalue weighted by molar-refractivity contribution is 5.22. The molecule has 0 aromatic heterocycles. The predicted octanol–water partition coefficient (Wildman–Crippen LogP) is 0.0903. The number of hydrogen-bond donors (Lipinski definition) is 2. The SMILES string of the molecule is COC1(N)C=CC=C(N)C1. The van der Waals surface area contributed by atoms with Crippen molar-refractivity contribution in [2.45, 2.75) is 12.1 Å². The highest BCUT2D eigenvalue weighted by atomic mass is 16.5. The van der Waals surface area contributed by atoms with Crippen LogP contribution in [0.25, 0.3) is 0 Å². The maximum atomic E-state index is 5.72. The maximum absolute atomic E-state index is 5.72. The molecule has 3 nitrogen and oxygen atoms in total. The van der Waals surface area contributed by atoms with Crippen molar-refractivity contribution < 1.29 is 4.74 Å². The minimum absolute atomic E-state index is 0.569. The van der Waals surface area contributed by atoms with Crippen LogP contribution in [0.2, 0.25) is 0 Å². The summed E-state index contributed by atoms with van der Waals surface area (Å²) in [6.07, 6.45) is 6.00. The van der Waals surface area contributed by atoms with Crippen molar-refractivity contribution in [3.63, 3.8) is 0 Å². The van der Waals surface area contributed by atoms with Crippen LogP contribution < -0.4 is 11.5 Å². The fourth-order valence-corrected chi connectivity index (χ4v) is 0.912. The Morgan fingerprint density at radius 3 is 2.80 bits per heavy atom. The molecule has 10 heavy (non-hydrogen) atoms. The van der Waals surface area contributed by atoms with E-state index in [9.17, 15) is 0 Å². The van der Waals surface area contributed by atoms with Crippen LogP contribution in [0.5, 0.6) is 0 Å². The van der Waals surface area contributed by atoms with Crippen LogP contribution in [-0.2, 0) is 4.74 Å². The monoisotopic (exact) mass is 140 g/mol. The summed E-state index contributed by atoms with van der Waals surface area (Å²) in [4.78, 5) is 0. The second-order valence-electron chi connectivity index (χ2n) is 2.44. The van der Waals surface area contributed by atoms with Gasteiger partial charge in [0, 0.05) is 19.2 Å². The summed E-state index contributed by atoms with van der Waals surface area (Å²) >= 11 is 0. The summed E-state index contributed by atoms with van der Waals surface area (Å²) in [6.45, 7) is 0. The Hall–Kier alpha value is -0.800. The van der Waals surface area contributed by atoms with Gasteiger partial charge in [0.05, 0.1) is 0 Å². The van der Waals surface area contributed by atoms with Crippen molar-refractivity contribution >= 4 is 0 Å². The third kappa shape index (κ3) is 1.37. The first-order valence-corrected chi connectivity index (χ1v) is 3.14. The van der Waals surface area contributed by atoms with E-state index in [1.54, 1.807) is 13.2 Å². The second-order valence-corrected chi connectivity index (χ2v) is 2.44. The van der Waals surface area contributed by atoms with Crippen molar-refractivity contribution in [2.75, 3.05) is 7.11 Å². The molecule has 0 bridgehead atoms. The lowest BCUT2D eigenvalue weighted by Crippen LogP contribution is -2.41. The predicted molar refractivity (Wildman–Crippen MR) is 40.0 cm³/mol. The van der Waals surface area contributed by atoms with E-state index in [-0.39, 0.29) is 0 Å². The minimum atomic E-state index is -0.682. The van der Waals surface area contributed by atoms with Crippen molar-refractivity contribution in [1.82, 2.24) is 0 Å². The van der Waals surface area contributed by atoms with Gasteiger partial charge in [0.1, 0.15) is 5.72 Å². The second kappa shape index (κ2) is 2.44. The highest BCUT2D eigenvalue weighted by Crippen LogP contribution is 2.17. The maximum Gasteiger partial charge on any atom is 0.141 e. The van der Waals surface area contributed by atoms with Crippen molar-refractivity contribution in [3.8, 4) is 0 Å². The zero-order chi connectivity index (χ0) is 7.61. The van der Waals surface area contributed by atoms with Crippen LogP contribution in [0.4, 0.5) is 0 Å². The van der Waals surface area contributed by atoms with E-state index in [2.05, 4.69) is 0 Å². The van der Waals surface area contributed by atoms with E-state index in [1.165, 1.54) is 0 Å². The number of ether oxygens (including phenoxy) is 1. The molecule has 0 aromatic carbocycles. The van der Waals surface area contributed by atoms with Gasteiger partial charge < -0.3 is 10.5 Å². The van der Waals surface area contributed by atoms with Gasteiger partial charge in [-0.05, 0) is 12.2 Å². The van der Waals surface area contributed by atoms with Gasteiger partial charge >= 0.3 is 0 Å². The third-order valence-electron chi connectivity index (χ3n) is 1.55. The normalized spacial score (nSPS) is 32.0. The van der Waals surface area contributed by atoms with E-state index < -0.39 is 5.72 Å². The molecule has 3 heteroatoms. The van der Waals surface area contributed by atoms with E-state index in [1.807, 2.05) is 12.2 Å². The molecule has 0 amide bonds. The Morgan fingerprint density at radius 2 is 2.40 bits per heavy atom. The molecule has 56 valence electrons. The molecular formula is C7H12N2O. The Labute approximate surface area is 60.3 Å². The quantitative estimate of drug-likeness (QED) is 0.507. The number of methoxy groups -OCH3 is 1. The lowest BCUT2D eigenvalue weighted by molar-refractivity contribution is 0.0369. The van der Waals surface area contributed by atoms with Gasteiger partial charge in [-0.3, -0.25) is 5.73 Å². The van der Waals surface area contributed by atoms with Gasteiger partial charge in [-0.2, -0.15) is 0 Å². The fraction of sp³-hybridized carbons (Fsp3) is 0.429. The van der Waals surface area contributed by atoms with Crippen LogP contribution in [0, 0.1) is 0 Å². The van der Waals surface area contributed by atoms with E-state index in [0.29, 0.717) is 6.42 Å². The molecule has 1 aliphatic carbocycles. The topological polar surface area (TPSA) is 61.3 Å². The Bertz CT molecular complexity index is 186. The molecule has 0 spiro atoms. The summed E-state index contributed by atoms with van der Waals surface area (Å²) in [5.74, 6) is 0. The molecule has 0 saturated carbocycles. The molecule has 0 heterocycles. The zero-order valence-electron chi connectivity index (χ0n) is 6.00. The fourth-order valence-electron chi connectivity index (χ4n) is 0.912. The lowest BCUT2D eigenvalue weighted by Gasteiger charge is -2.26. The molecule has 0 aliphatic heterocycles. The van der Waals surface area contributed by atoms with Crippen LogP contribution in [0.1, 0.15) is 6.42 Å². The van der Waals surface area contributed by atoms with Gasteiger partial charge in [0.15, 0.2) is 0 Å². The largest absolute Gasteiger partial charge is 0.402 e. The molecule has 0 saturated heterocycles. The summed E-state index contributed by atoms with van der Waals surface area (Å²) in [5, 5.41) is 0. The number of nitrogens with two attached hydrogens (primary N) is 2. The van der Waals surface area contributed by atoms with Crippen LogP contribution in [-0.4, -0.2) is 12.8 Å². The van der Waals surface area contributed by atoms with Crippen LogP contribution >= 0.6 is 0 Å². The average molecular weight is 140 g/mol. The number of hydrogen-bond acceptors (Lipinski definition) is 3. The van der Waals surface area contributed by atoms with Gasteiger partial charge in [-0.15, -0.1) is 0 Å². The van der Waals surface area contributed by atoms with E-state index in [0.717, 1.165) is 5.70 Å². The van der Waals surface area contributed by atoms with Crippen molar-refractivity contribution in [2.24, 2.45) is 11.5 Å². The molecule has 1 atom stereocenters. The van der Waals surface area contributed by atoms with E-state index >= 15 is 0 Å². The standard InChI is InChI=1S/C7H12N2O/c1-10-7(9)4-2-3-6(8)5-7/h2-4H,5,8-9H2,1H3. The zero-order valence-corrected chi connectivity index (χ0v) is 6.00. The minimum Gasteiger partial charge on any atom is -0.402 e. The molecule has 0 fully saturated rings. The van der Waals surface area contributed by atoms with Crippen LogP contribution in [0.15, 0.2) is 23.9 Å². The molecule has 1 aliphatic rings. The van der Waals surface area contributed by atoms with Crippen LogP contribution in [0.3, 0.4) is 0 Å². The Balaban J connectivity index is 2.71. The summed E-state index contributed by atoms with van der Waals surface area (Å²) < 4.78 is 5.02. The highest BCUT2D eigenvalue weighted by Gasteiger charge is 2.22. The van der Waals surface area contributed by atoms with Gasteiger partial charge in [0.25, 0.3) is 0 Å². The number of rotatable bonds is 1. The van der Waals surface area contributed by atoms with Gasteiger partial charge in [-0.1, -0.05) is 6.08 Å². The number of allylic oxidation sites excluding steroid dienone is 2. The first-order chi connectivity index (χ1) is 4.66. The smallest absolute Gasteiger partial charge is 0.141 e. The van der Waals surface area contributed by atoms with Crippen molar-refractivity contribution in [3.05, 3.63) is 23.9 Å². The molecule has 0 radical (unpaired) electrons. The first-order valence-electron chi connectivity index (χ1n) is 3.14. The molecule has 1 rings (SSSR count). The third-order valence-corrected chi connectivity index (χ3v) is 1.55. The average Bonchev–Trinajstić information content (AvgIpc) is 1.88. The molecular weight excluding hydrogens is 128 g/mol. The first kappa shape index (κ1) is 7.31. The Morgan fingerprint density at radius 1 is 1.70 bits per heavy atom. The molecule has 0 aromatic rings. The van der Waals surface area contributed by atoms with Gasteiger partial charge in [0.2, 0.25) is 0 Å². The van der Waals surface area contributed by atoms with Gasteiger partial charge in [-0.25, -0.2) is 0 Å². The molecule has 1 unspecified atom stereocenters. The summed E-state index contributed by atoms with van der Waals surface area (Å²) in [5.41, 5.74) is 11.3. The lowest BCUT2D eigenvalue weighted by atomic mass is 10.0. The summed E-state index contributed by atoms with van der Waals surface area (Å²) in [7, 11) is 1.57. The molecule has 4 N–H and O–H groups in total. The Kier molecular flexibility index (Phi) is 1.78. The van der Waals surface area contributed by atoms with E-state index in [4.69, 9.17) is 16.2 Å².